The molecule has 0 N–H and O–H groups in total. The molecule has 11 heteroatoms. The summed E-state index contributed by atoms with van der Waals surface area (Å²) in [4.78, 5) is 28.1. The molecule has 0 atom stereocenters. The molecule has 0 aliphatic carbocycles. The number of nitrogens with zero attached hydrogens (tertiary/aromatic N) is 4. The van der Waals surface area contributed by atoms with Crippen LogP contribution in [0.1, 0.15) is 50.0 Å². The number of amides is 2. The van der Waals surface area contributed by atoms with Crippen molar-refractivity contribution in [2.45, 2.75) is 45.3 Å². The largest absolute Gasteiger partial charge is 0.453 e. The molecule has 0 radical (unpaired) electrons. The fourth-order valence-corrected chi connectivity index (χ4v) is 4.85. The second kappa shape index (κ2) is 10.5. The van der Waals surface area contributed by atoms with Gasteiger partial charge in [0, 0.05) is 49.0 Å². The number of rotatable bonds is 5. The van der Waals surface area contributed by atoms with Crippen molar-refractivity contribution in [1.82, 2.24) is 19.6 Å². The minimum absolute atomic E-state index is 0.126. The van der Waals surface area contributed by atoms with Crippen LogP contribution in [-0.2, 0) is 4.74 Å². The summed E-state index contributed by atoms with van der Waals surface area (Å²) >= 11 is 6.29. The van der Waals surface area contributed by atoms with E-state index in [2.05, 4.69) is 5.10 Å². The molecule has 0 spiro atoms. The summed E-state index contributed by atoms with van der Waals surface area (Å²) in [5.41, 5.74) is 0.215. The Bertz CT molecular complexity index is 1410. The number of aromatic nitrogens is 2. The zero-order chi connectivity index (χ0) is 27.9. The second-order valence-electron chi connectivity index (χ2n) is 10.7. The molecule has 2 saturated heterocycles. The van der Waals surface area contributed by atoms with Crippen molar-refractivity contribution in [3.05, 3.63) is 64.8 Å². The molecule has 2 aliphatic rings. The van der Waals surface area contributed by atoms with Gasteiger partial charge < -0.3 is 19.3 Å². The summed E-state index contributed by atoms with van der Waals surface area (Å²) in [6.45, 7) is 7.26. The highest BCUT2D eigenvalue weighted by atomic mass is 35.5. The van der Waals surface area contributed by atoms with Crippen molar-refractivity contribution < 1.29 is 27.8 Å². The van der Waals surface area contributed by atoms with Gasteiger partial charge >= 0.3 is 6.09 Å². The molecule has 2 amide bonds. The number of benzene rings is 2. The monoisotopic (exact) mass is 558 g/mol. The Morgan fingerprint density at radius 1 is 0.974 bits per heavy atom. The van der Waals surface area contributed by atoms with Crippen molar-refractivity contribution in [3.63, 3.8) is 0 Å². The van der Waals surface area contributed by atoms with E-state index in [1.165, 1.54) is 4.90 Å². The Kier molecular flexibility index (Phi) is 7.24. The molecule has 0 saturated carbocycles. The van der Waals surface area contributed by atoms with E-state index >= 15 is 4.39 Å². The average molecular weight is 559 g/mol. The van der Waals surface area contributed by atoms with Gasteiger partial charge in [-0.2, -0.15) is 5.10 Å². The van der Waals surface area contributed by atoms with Crippen LogP contribution in [0, 0.1) is 11.6 Å². The van der Waals surface area contributed by atoms with E-state index in [9.17, 15) is 14.0 Å². The number of halogens is 3. The Balaban J connectivity index is 1.38. The van der Waals surface area contributed by atoms with E-state index in [1.54, 1.807) is 40.0 Å². The maximum absolute atomic E-state index is 15.1. The van der Waals surface area contributed by atoms with E-state index in [-0.39, 0.29) is 23.1 Å². The first kappa shape index (κ1) is 26.9. The molecule has 2 fully saturated rings. The Morgan fingerprint density at radius 3 is 2.38 bits per heavy atom. The third-order valence-corrected chi connectivity index (χ3v) is 6.85. The summed E-state index contributed by atoms with van der Waals surface area (Å²) in [7, 11) is 0. The molecule has 2 aliphatic heterocycles. The number of carbonyl (C=O) groups is 2. The van der Waals surface area contributed by atoms with Gasteiger partial charge in [0.1, 0.15) is 17.2 Å². The van der Waals surface area contributed by atoms with Gasteiger partial charge in [0.2, 0.25) is 0 Å². The summed E-state index contributed by atoms with van der Waals surface area (Å²) < 4.78 is 43.0. The van der Waals surface area contributed by atoms with E-state index in [4.69, 9.17) is 21.1 Å². The van der Waals surface area contributed by atoms with Crippen LogP contribution in [0.4, 0.5) is 13.6 Å². The SMILES string of the molecule is CC(C)(C)OC(=O)N1CC(n2nccc2-c2cc(Cl)ccc2Oc2cc(F)c(C(=O)N3CCCC3)cc2F)C1. The predicted octanol–water partition coefficient (Wildman–Crippen LogP) is 6.30. The van der Waals surface area contributed by atoms with Gasteiger partial charge in [-0.05, 0) is 63.9 Å². The van der Waals surface area contributed by atoms with Gasteiger partial charge in [-0.3, -0.25) is 9.48 Å². The minimum Gasteiger partial charge on any atom is -0.453 e. The van der Waals surface area contributed by atoms with Crippen molar-refractivity contribution in [2.24, 2.45) is 0 Å². The molecule has 3 heterocycles. The summed E-state index contributed by atoms with van der Waals surface area (Å²) in [6, 6.07) is 8.18. The van der Waals surface area contributed by atoms with Crippen LogP contribution in [-0.4, -0.2) is 63.4 Å². The summed E-state index contributed by atoms with van der Waals surface area (Å²) in [5.74, 6) is -2.39. The van der Waals surface area contributed by atoms with Crippen LogP contribution in [0.25, 0.3) is 11.3 Å². The van der Waals surface area contributed by atoms with Crippen LogP contribution in [0.5, 0.6) is 11.5 Å². The Morgan fingerprint density at radius 2 is 1.69 bits per heavy atom. The molecule has 2 aromatic carbocycles. The predicted molar refractivity (Wildman–Crippen MR) is 141 cm³/mol. The number of carbonyl (C=O) groups excluding carboxylic acids is 2. The van der Waals surface area contributed by atoms with Crippen LogP contribution in [0.15, 0.2) is 42.6 Å². The number of hydrogen-bond donors (Lipinski definition) is 0. The third-order valence-electron chi connectivity index (χ3n) is 6.61. The fourth-order valence-electron chi connectivity index (χ4n) is 4.68. The molecule has 39 heavy (non-hydrogen) atoms. The van der Waals surface area contributed by atoms with Crippen molar-refractivity contribution in [3.8, 4) is 22.8 Å². The standard InChI is InChI=1S/C28H29ClF2N4O4/c1-28(2,3)39-27(37)34-15-18(16-34)35-23(8-9-32-35)20-12-17(29)6-7-24(20)38-25-14-21(30)19(13-22(25)31)26(36)33-10-4-5-11-33/h6-9,12-14,18H,4-5,10-11,15-16H2,1-3H3. The number of hydrogen-bond acceptors (Lipinski definition) is 5. The van der Waals surface area contributed by atoms with E-state index in [1.807, 2.05) is 20.8 Å². The van der Waals surface area contributed by atoms with Gasteiger partial charge in [0.25, 0.3) is 5.91 Å². The number of likely N-dealkylation sites (tertiary alicyclic amines) is 2. The third kappa shape index (κ3) is 5.71. The second-order valence-corrected chi connectivity index (χ2v) is 11.1. The normalized spacial score (nSPS) is 15.8. The van der Waals surface area contributed by atoms with Gasteiger partial charge in [-0.15, -0.1) is 0 Å². The minimum atomic E-state index is -0.861. The van der Waals surface area contributed by atoms with Gasteiger partial charge in [-0.25, -0.2) is 13.6 Å². The molecule has 5 rings (SSSR count). The zero-order valence-electron chi connectivity index (χ0n) is 21.9. The van der Waals surface area contributed by atoms with Gasteiger partial charge in [0.15, 0.2) is 11.6 Å². The quantitative estimate of drug-likeness (QED) is 0.367. The highest BCUT2D eigenvalue weighted by molar-refractivity contribution is 6.31. The Labute approximate surface area is 230 Å². The summed E-state index contributed by atoms with van der Waals surface area (Å²) in [6.07, 6.45) is 2.89. The molecule has 0 bridgehead atoms. The lowest BCUT2D eigenvalue weighted by Gasteiger charge is -2.40. The zero-order valence-corrected chi connectivity index (χ0v) is 22.7. The van der Waals surface area contributed by atoms with E-state index in [0.29, 0.717) is 42.5 Å². The molecular weight excluding hydrogens is 530 g/mol. The highest BCUT2D eigenvalue weighted by Crippen LogP contribution is 2.39. The molecule has 0 unspecified atom stereocenters. The lowest BCUT2D eigenvalue weighted by Crippen LogP contribution is -2.52. The molecule has 8 nitrogen and oxygen atoms in total. The number of ether oxygens (including phenoxy) is 2. The first-order valence-corrected chi connectivity index (χ1v) is 13.2. The van der Waals surface area contributed by atoms with Crippen molar-refractivity contribution >= 4 is 23.6 Å². The lowest BCUT2D eigenvalue weighted by atomic mass is 10.1. The maximum Gasteiger partial charge on any atom is 0.410 e. The van der Waals surface area contributed by atoms with Crippen LogP contribution in [0.3, 0.4) is 0 Å². The van der Waals surface area contributed by atoms with Crippen LogP contribution >= 0.6 is 11.6 Å². The first-order valence-electron chi connectivity index (χ1n) is 12.8. The Hall–Kier alpha value is -3.66. The highest BCUT2D eigenvalue weighted by Gasteiger charge is 2.36. The molecule has 1 aromatic heterocycles. The van der Waals surface area contributed by atoms with Crippen LogP contribution < -0.4 is 4.74 Å². The smallest absolute Gasteiger partial charge is 0.410 e. The van der Waals surface area contributed by atoms with Crippen molar-refractivity contribution in [2.75, 3.05) is 26.2 Å². The molecule has 206 valence electrons. The molecule has 3 aromatic rings. The average Bonchev–Trinajstić information content (AvgIpc) is 3.52. The maximum atomic E-state index is 15.1. The van der Waals surface area contributed by atoms with E-state index < -0.39 is 29.2 Å². The van der Waals surface area contributed by atoms with Gasteiger partial charge in [-0.1, -0.05) is 11.6 Å². The lowest BCUT2D eigenvalue weighted by molar-refractivity contribution is -0.000194. The fraction of sp³-hybridized carbons (Fsp3) is 0.393. The topological polar surface area (TPSA) is 76.9 Å². The van der Waals surface area contributed by atoms with Crippen LogP contribution in [0.2, 0.25) is 5.02 Å². The van der Waals surface area contributed by atoms with Gasteiger partial charge in [0.05, 0.1) is 17.3 Å². The first-order chi connectivity index (χ1) is 18.5. The van der Waals surface area contributed by atoms with Crippen molar-refractivity contribution in [1.29, 1.82) is 0 Å². The molecular formula is C28H29ClF2N4O4. The van der Waals surface area contributed by atoms with E-state index in [0.717, 1.165) is 25.0 Å². The summed E-state index contributed by atoms with van der Waals surface area (Å²) in [5, 5.41) is 4.83.